The van der Waals surface area contributed by atoms with Gasteiger partial charge in [0, 0.05) is 11.7 Å². The quantitative estimate of drug-likeness (QED) is 0.816. The fourth-order valence-electron chi connectivity index (χ4n) is 1.04. The zero-order valence-corrected chi connectivity index (χ0v) is 9.28. The molecule has 0 saturated carbocycles. The lowest BCUT2D eigenvalue weighted by Crippen LogP contribution is -2.43. The van der Waals surface area contributed by atoms with Crippen molar-refractivity contribution >= 4 is 5.91 Å². The molecule has 0 radical (unpaired) electrons. The number of carbonyl (C=O) groups is 1. The number of nitrogens with one attached hydrogen (secondary N) is 1. The molecule has 4 nitrogen and oxygen atoms in total. The molecule has 0 unspecified atom stereocenters. The van der Waals surface area contributed by atoms with Crippen LogP contribution in [0.4, 0.5) is 0 Å². The smallest absolute Gasteiger partial charge is 0.258 e. The Morgan fingerprint density at radius 1 is 1.53 bits per heavy atom. The first-order chi connectivity index (χ1) is 6.97. The summed E-state index contributed by atoms with van der Waals surface area (Å²) < 4.78 is 5.24. The van der Waals surface area contributed by atoms with E-state index in [9.17, 15) is 4.79 Å². The summed E-state index contributed by atoms with van der Waals surface area (Å²) in [5.41, 5.74) is -0.227. The molecule has 0 saturated heterocycles. The van der Waals surface area contributed by atoms with Gasteiger partial charge in [0.1, 0.15) is 5.75 Å². The summed E-state index contributed by atoms with van der Waals surface area (Å²) in [5.74, 6) is 0.466. The number of hydrogen-bond acceptors (Lipinski definition) is 3. The average molecular weight is 208 g/mol. The molecule has 15 heavy (non-hydrogen) atoms. The van der Waals surface area contributed by atoms with Gasteiger partial charge in [0.05, 0.1) is 6.20 Å². The molecule has 1 aromatic rings. The molecule has 1 N–H and O–H groups in total. The largest absolute Gasteiger partial charge is 0.482 e. The van der Waals surface area contributed by atoms with E-state index in [1.807, 2.05) is 20.8 Å². The zero-order chi connectivity index (χ0) is 11.3. The van der Waals surface area contributed by atoms with Gasteiger partial charge in [0.25, 0.3) is 5.91 Å². The average Bonchev–Trinajstić information content (AvgIpc) is 2.14. The van der Waals surface area contributed by atoms with E-state index in [0.717, 1.165) is 0 Å². The van der Waals surface area contributed by atoms with Gasteiger partial charge in [-0.3, -0.25) is 9.78 Å². The van der Waals surface area contributed by atoms with Crippen molar-refractivity contribution in [3.63, 3.8) is 0 Å². The second kappa shape index (κ2) is 4.77. The lowest BCUT2D eigenvalue weighted by Gasteiger charge is -2.20. The summed E-state index contributed by atoms with van der Waals surface area (Å²) in [6, 6.07) is 3.52. The van der Waals surface area contributed by atoms with Crippen molar-refractivity contribution in [2.75, 3.05) is 6.61 Å². The predicted molar refractivity (Wildman–Crippen MR) is 57.6 cm³/mol. The first kappa shape index (κ1) is 11.5. The summed E-state index contributed by atoms with van der Waals surface area (Å²) >= 11 is 0. The number of pyridine rings is 1. The molecule has 0 aliphatic heterocycles. The van der Waals surface area contributed by atoms with Crippen LogP contribution < -0.4 is 10.1 Å². The lowest BCUT2D eigenvalue weighted by molar-refractivity contribution is -0.124. The first-order valence-corrected chi connectivity index (χ1v) is 4.81. The topological polar surface area (TPSA) is 51.2 Å². The molecule has 0 aromatic carbocycles. The van der Waals surface area contributed by atoms with E-state index in [-0.39, 0.29) is 18.1 Å². The molecule has 0 aliphatic carbocycles. The van der Waals surface area contributed by atoms with Crippen molar-refractivity contribution < 1.29 is 9.53 Å². The van der Waals surface area contributed by atoms with Crippen molar-refractivity contribution in [2.24, 2.45) is 0 Å². The maximum Gasteiger partial charge on any atom is 0.258 e. The van der Waals surface area contributed by atoms with Crippen LogP contribution in [0.2, 0.25) is 0 Å². The highest BCUT2D eigenvalue weighted by atomic mass is 16.5. The van der Waals surface area contributed by atoms with Crippen molar-refractivity contribution in [1.29, 1.82) is 0 Å². The van der Waals surface area contributed by atoms with Gasteiger partial charge in [-0.1, -0.05) is 0 Å². The number of ether oxygens (including phenoxy) is 1. The van der Waals surface area contributed by atoms with Gasteiger partial charge in [-0.15, -0.1) is 0 Å². The van der Waals surface area contributed by atoms with Gasteiger partial charge in [-0.25, -0.2) is 0 Å². The second-order valence-corrected chi connectivity index (χ2v) is 4.28. The lowest BCUT2D eigenvalue weighted by atomic mass is 10.1. The Morgan fingerprint density at radius 2 is 2.27 bits per heavy atom. The summed E-state index contributed by atoms with van der Waals surface area (Å²) in [6.07, 6.45) is 3.23. The predicted octanol–water partition coefficient (Wildman–Crippen LogP) is 1.38. The van der Waals surface area contributed by atoms with Gasteiger partial charge < -0.3 is 10.1 Å². The monoisotopic (exact) mass is 208 g/mol. The van der Waals surface area contributed by atoms with E-state index in [4.69, 9.17) is 4.74 Å². The molecular weight excluding hydrogens is 192 g/mol. The van der Waals surface area contributed by atoms with Crippen LogP contribution >= 0.6 is 0 Å². The Kier molecular flexibility index (Phi) is 3.66. The molecule has 0 aliphatic rings. The van der Waals surface area contributed by atoms with Gasteiger partial charge in [-0.05, 0) is 32.9 Å². The summed E-state index contributed by atoms with van der Waals surface area (Å²) in [5, 5.41) is 2.81. The van der Waals surface area contributed by atoms with Gasteiger partial charge in [-0.2, -0.15) is 0 Å². The van der Waals surface area contributed by atoms with Gasteiger partial charge >= 0.3 is 0 Å². The van der Waals surface area contributed by atoms with E-state index >= 15 is 0 Å². The zero-order valence-electron chi connectivity index (χ0n) is 9.28. The minimum Gasteiger partial charge on any atom is -0.482 e. The van der Waals surface area contributed by atoms with Crippen LogP contribution in [-0.4, -0.2) is 23.0 Å². The van der Waals surface area contributed by atoms with Crippen LogP contribution in [-0.2, 0) is 4.79 Å². The van der Waals surface area contributed by atoms with Crippen molar-refractivity contribution in [1.82, 2.24) is 10.3 Å². The second-order valence-electron chi connectivity index (χ2n) is 4.28. The van der Waals surface area contributed by atoms with Crippen LogP contribution in [0.25, 0.3) is 0 Å². The number of hydrogen-bond donors (Lipinski definition) is 1. The van der Waals surface area contributed by atoms with Crippen molar-refractivity contribution in [2.45, 2.75) is 26.3 Å². The molecule has 82 valence electrons. The minimum atomic E-state index is -0.227. The molecule has 1 amide bonds. The van der Waals surface area contributed by atoms with Gasteiger partial charge in [0.2, 0.25) is 0 Å². The van der Waals surface area contributed by atoms with Crippen LogP contribution in [0.3, 0.4) is 0 Å². The van der Waals surface area contributed by atoms with Crippen LogP contribution in [0.1, 0.15) is 20.8 Å². The van der Waals surface area contributed by atoms with Crippen LogP contribution in [0.15, 0.2) is 24.5 Å². The number of amides is 1. The number of nitrogens with zero attached hydrogens (tertiary/aromatic N) is 1. The fourth-order valence-corrected chi connectivity index (χ4v) is 1.04. The number of rotatable bonds is 3. The van der Waals surface area contributed by atoms with E-state index in [0.29, 0.717) is 5.75 Å². The van der Waals surface area contributed by atoms with E-state index < -0.39 is 0 Å². The maximum absolute atomic E-state index is 11.4. The normalized spacial score (nSPS) is 10.9. The van der Waals surface area contributed by atoms with Gasteiger partial charge in [0.15, 0.2) is 6.61 Å². The number of aromatic nitrogens is 1. The standard InChI is InChI=1S/C11H16N2O2/c1-11(2,3)13-10(14)8-15-9-5-4-6-12-7-9/h4-7H,8H2,1-3H3,(H,13,14). The Labute approximate surface area is 89.7 Å². The molecule has 0 bridgehead atoms. The Balaban J connectivity index is 2.35. The van der Waals surface area contributed by atoms with Crippen LogP contribution in [0.5, 0.6) is 5.75 Å². The molecule has 0 spiro atoms. The third-order valence-corrected chi connectivity index (χ3v) is 1.52. The highest BCUT2D eigenvalue weighted by molar-refractivity contribution is 5.78. The molecule has 4 heteroatoms. The highest BCUT2D eigenvalue weighted by Crippen LogP contribution is 2.05. The van der Waals surface area contributed by atoms with E-state index in [1.165, 1.54) is 0 Å². The Hall–Kier alpha value is -1.58. The Bertz CT molecular complexity index is 317. The summed E-state index contributed by atoms with van der Waals surface area (Å²) in [6.45, 7) is 5.79. The maximum atomic E-state index is 11.4. The minimum absolute atomic E-state index is 0.0168. The van der Waals surface area contributed by atoms with E-state index in [1.54, 1.807) is 24.5 Å². The van der Waals surface area contributed by atoms with Crippen LogP contribution in [0, 0.1) is 0 Å². The Morgan fingerprint density at radius 3 is 2.80 bits per heavy atom. The molecular formula is C11H16N2O2. The fraction of sp³-hybridized carbons (Fsp3) is 0.455. The molecule has 1 rings (SSSR count). The van der Waals surface area contributed by atoms with Crippen molar-refractivity contribution in [3.8, 4) is 5.75 Å². The first-order valence-electron chi connectivity index (χ1n) is 4.81. The third-order valence-electron chi connectivity index (χ3n) is 1.52. The molecule has 1 heterocycles. The van der Waals surface area contributed by atoms with Crippen molar-refractivity contribution in [3.05, 3.63) is 24.5 Å². The summed E-state index contributed by atoms with van der Waals surface area (Å²) in [7, 11) is 0. The molecule has 0 atom stereocenters. The molecule has 1 aromatic heterocycles. The summed E-state index contributed by atoms with van der Waals surface area (Å²) in [4.78, 5) is 15.3. The highest BCUT2D eigenvalue weighted by Gasteiger charge is 2.13. The third kappa shape index (κ3) is 5.00. The SMILES string of the molecule is CC(C)(C)NC(=O)COc1cccnc1. The molecule has 0 fully saturated rings. The van der Waals surface area contributed by atoms with E-state index in [2.05, 4.69) is 10.3 Å². The number of carbonyl (C=O) groups excluding carboxylic acids is 1.